The maximum absolute atomic E-state index is 12.2. The van der Waals surface area contributed by atoms with E-state index in [1.165, 1.54) is 12.1 Å². The summed E-state index contributed by atoms with van der Waals surface area (Å²) in [6.07, 6.45) is 0. The second kappa shape index (κ2) is 9.51. The average Bonchev–Trinajstić information content (AvgIpc) is 2.35. The Labute approximate surface area is 125 Å². The Bertz CT molecular complexity index is 463. The molecule has 4 N–H and O–H groups in total. The highest BCUT2D eigenvalue weighted by atomic mass is 35.5. The topological polar surface area (TPSA) is 84.2 Å². The summed E-state index contributed by atoms with van der Waals surface area (Å²) in [7, 11) is 0. The Morgan fingerprint density at radius 2 is 2.00 bits per heavy atom. The quantitative estimate of drug-likeness (QED) is 0.691. The van der Waals surface area contributed by atoms with Crippen LogP contribution in [0.1, 0.15) is 0 Å². The van der Waals surface area contributed by atoms with Gasteiger partial charge < -0.3 is 16.4 Å². The molecule has 0 saturated heterocycles. The third kappa shape index (κ3) is 7.27. The zero-order chi connectivity index (χ0) is 14.3. The molecular weight excluding hydrogens is 312 g/mol. The number of hydrogen-bond donors (Lipinski definition) is 3. The molecule has 0 saturated carbocycles. The van der Waals surface area contributed by atoms with E-state index in [-0.39, 0.29) is 25.5 Å². The van der Waals surface area contributed by atoms with Crippen molar-refractivity contribution >= 4 is 41.7 Å². The minimum Gasteiger partial charge on any atom is -0.346 e. The van der Waals surface area contributed by atoms with E-state index < -0.39 is 17.6 Å². The molecule has 0 heterocycles. The van der Waals surface area contributed by atoms with E-state index in [0.29, 0.717) is 22.3 Å². The van der Waals surface area contributed by atoms with Gasteiger partial charge in [0.05, 0.1) is 13.1 Å². The van der Waals surface area contributed by atoms with Crippen molar-refractivity contribution in [1.82, 2.24) is 5.32 Å². The van der Waals surface area contributed by atoms with E-state index in [9.17, 15) is 18.4 Å². The molecule has 0 atom stereocenters. The first-order chi connectivity index (χ1) is 9.01. The predicted molar refractivity (Wildman–Crippen MR) is 76.2 cm³/mol. The van der Waals surface area contributed by atoms with Gasteiger partial charge in [0.1, 0.15) is 0 Å². The monoisotopic (exact) mass is 325 g/mol. The number of rotatable bonds is 6. The number of thioether (sulfide) groups is 1. The summed E-state index contributed by atoms with van der Waals surface area (Å²) in [6, 6.07) is 6.07. The van der Waals surface area contributed by atoms with Crippen LogP contribution in [0.15, 0.2) is 29.2 Å². The molecule has 0 unspecified atom stereocenters. The molecule has 112 valence electrons. The Kier molecular flexibility index (Phi) is 8.86. The molecule has 0 fully saturated rings. The first-order valence-electron chi connectivity index (χ1n) is 5.32. The van der Waals surface area contributed by atoms with E-state index in [2.05, 4.69) is 10.6 Å². The van der Waals surface area contributed by atoms with Gasteiger partial charge in [-0.25, -0.2) is 0 Å². The predicted octanol–water partition coefficient (Wildman–Crippen LogP) is 1.44. The first kappa shape index (κ1) is 18.6. The SMILES string of the molecule is Cl.NCC(=O)NCC(=O)Nc1cccc(SC(F)F)c1. The Morgan fingerprint density at radius 3 is 2.60 bits per heavy atom. The van der Waals surface area contributed by atoms with Crippen molar-refractivity contribution in [2.75, 3.05) is 18.4 Å². The van der Waals surface area contributed by atoms with Crippen LogP contribution < -0.4 is 16.4 Å². The average molecular weight is 326 g/mol. The molecule has 1 aromatic rings. The van der Waals surface area contributed by atoms with Gasteiger partial charge in [0.15, 0.2) is 0 Å². The number of carbonyl (C=O) groups is 2. The van der Waals surface area contributed by atoms with Gasteiger partial charge in [-0.15, -0.1) is 12.4 Å². The van der Waals surface area contributed by atoms with Crippen molar-refractivity contribution in [2.24, 2.45) is 5.73 Å². The van der Waals surface area contributed by atoms with E-state index in [1.54, 1.807) is 12.1 Å². The van der Waals surface area contributed by atoms with E-state index in [4.69, 9.17) is 5.73 Å². The van der Waals surface area contributed by atoms with Gasteiger partial charge in [0, 0.05) is 10.6 Å². The molecular formula is C11H14ClF2N3O2S. The van der Waals surface area contributed by atoms with Gasteiger partial charge in [-0.1, -0.05) is 17.8 Å². The molecule has 0 spiro atoms. The van der Waals surface area contributed by atoms with Gasteiger partial charge in [-0.2, -0.15) is 8.78 Å². The molecule has 0 aromatic heterocycles. The molecule has 2 amide bonds. The molecule has 1 aromatic carbocycles. The normalized spacial score (nSPS) is 9.80. The van der Waals surface area contributed by atoms with Crippen LogP contribution >= 0.6 is 24.2 Å². The van der Waals surface area contributed by atoms with Gasteiger partial charge >= 0.3 is 0 Å². The molecule has 20 heavy (non-hydrogen) atoms. The number of nitrogens with one attached hydrogen (secondary N) is 2. The van der Waals surface area contributed by atoms with Crippen molar-refractivity contribution < 1.29 is 18.4 Å². The first-order valence-corrected chi connectivity index (χ1v) is 6.20. The van der Waals surface area contributed by atoms with Crippen molar-refractivity contribution in [3.05, 3.63) is 24.3 Å². The molecule has 1 rings (SSSR count). The fraction of sp³-hybridized carbons (Fsp3) is 0.273. The van der Waals surface area contributed by atoms with Gasteiger partial charge in [0.2, 0.25) is 11.8 Å². The number of nitrogens with two attached hydrogens (primary N) is 1. The van der Waals surface area contributed by atoms with Crippen LogP contribution in [0.5, 0.6) is 0 Å². The van der Waals surface area contributed by atoms with Crippen LogP contribution in [0, 0.1) is 0 Å². The number of carbonyl (C=O) groups excluding carboxylic acids is 2. The highest BCUT2D eigenvalue weighted by Crippen LogP contribution is 2.26. The maximum Gasteiger partial charge on any atom is 0.288 e. The molecule has 0 aliphatic carbocycles. The van der Waals surface area contributed by atoms with Gasteiger partial charge in [0.25, 0.3) is 5.76 Å². The van der Waals surface area contributed by atoms with Gasteiger partial charge in [-0.3, -0.25) is 9.59 Å². The van der Waals surface area contributed by atoms with Gasteiger partial charge in [-0.05, 0) is 18.2 Å². The second-order valence-electron chi connectivity index (χ2n) is 3.44. The lowest BCUT2D eigenvalue weighted by Gasteiger charge is -2.07. The number of amides is 2. The zero-order valence-corrected chi connectivity index (χ0v) is 11.9. The number of halogens is 3. The van der Waals surface area contributed by atoms with Crippen LogP contribution in [0.25, 0.3) is 0 Å². The standard InChI is InChI=1S/C11H13F2N3O2S.ClH/c12-11(13)19-8-3-1-2-7(4-8)16-10(18)6-15-9(17)5-14;/h1-4,11H,5-6,14H2,(H,15,17)(H,16,18);1H. The van der Waals surface area contributed by atoms with E-state index in [1.807, 2.05) is 0 Å². The zero-order valence-electron chi connectivity index (χ0n) is 10.3. The molecule has 9 heteroatoms. The van der Waals surface area contributed by atoms with E-state index in [0.717, 1.165) is 0 Å². The number of alkyl halides is 2. The molecule has 5 nitrogen and oxygen atoms in total. The summed E-state index contributed by atoms with van der Waals surface area (Å²) >= 11 is 0.391. The lowest BCUT2D eigenvalue weighted by molar-refractivity contribution is -0.123. The molecule has 0 aliphatic heterocycles. The van der Waals surface area contributed by atoms with Crippen molar-refractivity contribution in [1.29, 1.82) is 0 Å². The van der Waals surface area contributed by atoms with Crippen molar-refractivity contribution in [2.45, 2.75) is 10.7 Å². The lowest BCUT2D eigenvalue weighted by atomic mass is 10.3. The van der Waals surface area contributed by atoms with Crippen LogP contribution in [0.2, 0.25) is 0 Å². The summed E-state index contributed by atoms with van der Waals surface area (Å²) in [5.41, 5.74) is 5.45. The lowest BCUT2D eigenvalue weighted by Crippen LogP contribution is -2.36. The smallest absolute Gasteiger partial charge is 0.288 e. The summed E-state index contributed by atoms with van der Waals surface area (Å²) < 4.78 is 24.4. The van der Waals surface area contributed by atoms with Crippen LogP contribution in [0.4, 0.5) is 14.5 Å². The summed E-state index contributed by atoms with van der Waals surface area (Å²) in [4.78, 5) is 22.6. The number of hydrogen-bond acceptors (Lipinski definition) is 4. The van der Waals surface area contributed by atoms with Crippen molar-refractivity contribution in [3.8, 4) is 0 Å². The minimum atomic E-state index is -2.52. The Hall–Kier alpha value is -1.38. The van der Waals surface area contributed by atoms with E-state index >= 15 is 0 Å². The summed E-state index contributed by atoms with van der Waals surface area (Å²) in [5.74, 6) is -3.42. The Balaban J connectivity index is 0.00000361. The second-order valence-corrected chi connectivity index (χ2v) is 4.50. The van der Waals surface area contributed by atoms with Crippen molar-refractivity contribution in [3.63, 3.8) is 0 Å². The largest absolute Gasteiger partial charge is 0.346 e. The number of anilines is 1. The fourth-order valence-electron chi connectivity index (χ4n) is 1.21. The highest BCUT2D eigenvalue weighted by Gasteiger charge is 2.08. The summed E-state index contributed by atoms with van der Waals surface area (Å²) in [5, 5.41) is 4.78. The molecule has 0 bridgehead atoms. The Morgan fingerprint density at radius 1 is 1.30 bits per heavy atom. The molecule has 0 radical (unpaired) electrons. The number of benzene rings is 1. The van der Waals surface area contributed by atoms with Crippen LogP contribution in [0.3, 0.4) is 0 Å². The fourth-order valence-corrected chi connectivity index (χ4v) is 1.76. The maximum atomic E-state index is 12.2. The molecule has 0 aliphatic rings. The third-order valence-corrected chi connectivity index (χ3v) is 2.68. The third-order valence-electron chi connectivity index (χ3n) is 1.97. The van der Waals surface area contributed by atoms with Crippen LogP contribution in [-0.4, -0.2) is 30.7 Å². The minimum absolute atomic E-state index is 0. The highest BCUT2D eigenvalue weighted by molar-refractivity contribution is 7.99. The summed E-state index contributed by atoms with van der Waals surface area (Å²) in [6.45, 7) is -0.421. The van der Waals surface area contributed by atoms with Crippen LogP contribution in [-0.2, 0) is 9.59 Å².